The fourth-order valence-electron chi connectivity index (χ4n) is 1.98. The van der Waals surface area contributed by atoms with Gasteiger partial charge in [-0.05, 0) is 34.1 Å². The van der Waals surface area contributed by atoms with Crippen molar-refractivity contribution in [2.24, 2.45) is 5.92 Å². The number of nitrogens with zero attached hydrogens (tertiary/aromatic N) is 1. The molecule has 0 aromatic rings. The van der Waals surface area contributed by atoms with Crippen LogP contribution in [0.5, 0.6) is 0 Å². The lowest BCUT2D eigenvalue weighted by atomic mass is 10.0. The molecule has 0 radical (unpaired) electrons. The molecule has 0 aromatic carbocycles. The highest BCUT2D eigenvalue weighted by Crippen LogP contribution is 2.26. The molecule has 0 saturated carbocycles. The van der Waals surface area contributed by atoms with E-state index in [0.29, 0.717) is 13.0 Å². The molecule has 2 atom stereocenters. The Hall–Kier alpha value is -1.26. The maximum Gasteiger partial charge on any atom is 0.410 e. The third-order valence-corrected chi connectivity index (χ3v) is 2.89. The highest BCUT2D eigenvalue weighted by molar-refractivity contribution is 5.76. The number of methoxy groups -OCH3 is 1. The molecule has 5 nitrogen and oxygen atoms in total. The third kappa shape index (κ3) is 3.35. The minimum atomic E-state index is -0.514. The summed E-state index contributed by atoms with van der Waals surface area (Å²) in [5, 5.41) is 0. The average Bonchev–Trinajstić information content (AvgIpc) is 2.56. The molecule has 1 aliphatic rings. The molecule has 17 heavy (non-hydrogen) atoms. The van der Waals surface area contributed by atoms with Crippen molar-refractivity contribution in [2.75, 3.05) is 13.7 Å². The molecular formula is C12H21NO4. The Bertz CT molecular complexity index is 308. The van der Waals surface area contributed by atoms with Gasteiger partial charge in [-0.15, -0.1) is 0 Å². The Balaban J connectivity index is 2.64. The van der Waals surface area contributed by atoms with Crippen molar-refractivity contribution in [3.8, 4) is 0 Å². The first-order chi connectivity index (χ1) is 7.76. The number of carbonyl (C=O) groups excluding carboxylic acids is 2. The fourth-order valence-corrected chi connectivity index (χ4v) is 1.98. The van der Waals surface area contributed by atoms with Gasteiger partial charge in [0.25, 0.3) is 0 Å². The summed E-state index contributed by atoms with van der Waals surface area (Å²) in [7, 11) is 1.37. The predicted octanol–water partition coefficient (Wildman–Crippen LogP) is 1.80. The molecule has 0 N–H and O–H groups in total. The van der Waals surface area contributed by atoms with E-state index >= 15 is 0 Å². The minimum absolute atomic E-state index is 0.169. The van der Waals surface area contributed by atoms with E-state index in [0.717, 1.165) is 0 Å². The molecule has 98 valence electrons. The van der Waals surface area contributed by atoms with Crippen LogP contribution in [0.4, 0.5) is 4.79 Å². The van der Waals surface area contributed by atoms with E-state index in [-0.39, 0.29) is 24.0 Å². The van der Waals surface area contributed by atoms with Crippen LogP contribution in [0.15, 0.2) is 0 Å². The number of amides is 1. The van der Waals surface area contributed by atoms with Crippen molar-refractivity contribution >= 4 is 12.1 Å². The van der Waals surface area contributed by atoms with Crippen LogP contribution < -0.4 is 0 Å². The molecule has 0 unspecified atom stereocenters. The Kier molecular flexibility index (Phi) is 4.01. The van der Waals surface area contributed by atoms with Gasteiger partial charge in [0.1, 0.15) is 5.60 Å². The summed E-state index contributed by atoms with van der Waals surface area (Å²) >= 11 is 0. The third-order valence-electron chi connectivity index (χ3n) is 2.89. The van der Waals surface area contributed by atoms with E-state index in [2.05, 4.69) is 0 Å². The predicted molar refractivity (Wildman–Crippen MR) is 62.5 cm³/mol. The Morgan fingerprint density at radius 3 is 2.35 bits per heavy atom. The van der Waals surface area contributed by atoms with E-state index in [1.807, 2.05) is 27.7 Å². The summed E-state index contributed by atoms with van der Waals surface area (Å²) in [6.07, 6.45) is 0.268. The lowest BCUT2D eigenvalue weighted by molar-refractivity contribution is -0.145. The molecule has 0 spiro atoms. The SMILES string of the molecule is COC(=O)[C@@H]1CCN(C(=O)OC(C)(C)C)[C@H]1C. The minimum Gasteiger partial charge on any atom is -0.469 e. The number of likely N-dealkylation sites (tertiary alicyclic amines) is 1. The zero-order valence-corrected chi connectivity index (χ0v) is 11.1. The zero-order valence-electron chi connectivity index (χ0n) is 11.1. The standard InChI is InChI=1S/C12H21NO4/c1-8-9(10(14)16-5)6-7-13(8)11(15)17-12(2,3)4/h8-9H,6-7H2,1-5H3/t8-,9+/m0/s1. The number of ether oxygens (including phenoxy) is 2. The van der Waals surface area contributed by atoms with Gasteiger partial charge >= 0.3 is 12.1 Å². The summed E-state index contributed by atoms with van der Waals surface area (Å²) in [5.41, 5.74) is -0.514. The van der Waals surface area contributed by atoms with Gasteiger partial charge in [-0.2, -0.15) is 0 Å². The highest BCUT2D eigenvalue weighted by atomic mass is 16.6. The Labute approximate surface area is 102 Å². The van der Waals surface area contributed by atoms with Gasteiger partial charge in [0.05, 0.1) is 13.0 Å². The Morgan fingerprint density at radius 1 is 1.29 bits per heavy atom. The molecule has 1 fully saturated rings. The Morgan fingerprint density at radius 2 is 1.88 bits per heavy atom. The molecule has 1 aliphatic heterocycles. The van der Waals surface area contributed by atoms with Crippen LogP contribution >= 0.6 is 0 Å². The second-order valence-electron chi connectivity index (χ2n) is 5.33. The van der Waals surface area contributed by atoms with Crippen LogP contribution in [0.1, 0.15) is 34.1 Å². The summed E-state index contributed by atoms with van der Waals surface area (Å²) in [6.45, 7) is 7.85. The van der Waals surface area contributed by atoms with E-state index < -0.39 is 5.60 Å². The fraction of sp³-hybridized carbons (Fsp3) is 0.833. The first-order valence-electron chi connectivity index (χ1n) is 5.83. The monoisotopic (exact) mass is 243 g/mol. The molecule has 5 heteroatoms. The summed E-state index contributed by atoms with van der Waals surface area (Å²) in [4.78, 5) is 24.9. The number of carbonyl (C=O) groups is 2. The topological polar surface area (TPSA) is 55.8 Å². The quantitative estimate of drug-likeness (QED) is 0.659. The highest BCUT2D eigenvalue weighted by Gasteiger charge is 2.40. The van der Waals surface area contributed by atoms with E-state index in [1.165, 1.54) is 7.11 Å². The van der Waals surface area contributed by atoms with Crippen LogP contribution in [0, 0.1) is 5.92 Å². The zero-order chi connectivity index (χ0) is 13.2. The number of hydrogen-bond acceptors (Lipinski definition) is 4. The molecule has 1 amide bonds. The largest absolute Gasteiger partial charge is 0.469 e. The summed E-state index contributed by atoms with van der Waals surface area (Å²) in [5.74, 6) is -0.504. The summed E-state index contributed by atoms with van der Waals surface area (Å²) < 4.78 is 10.0. The van der Waals surface area contributed by atoms with Gasteiger partial charge < -0.3 is 14.4 Å². The van der Waals surface area contributed by atoms with Crippen LogP contribution in [-0.4, -0.2) is 42.3 Å². The molecule has 1 heterocycles. The van der Waals surface area contributed by atoms with E-state index in [1.54, 1.807) is 4.90 Å². The van der Waals surface area contributed by atoms with Gasteiger partial charge in [-0.1, -0.05) is 0 Å². The first kappa shape index (κ1) is 13.8. The van der Waals surface area contributed by atoms with Gasteiger partial charge in [0.2, 0.25) is 0 Å². The summed E-state index contributed by atoms with van der Waals surface area (Å²) in [6, 6.07) is -0.169. The lowest BCUT2D eigenvalue weighted by Crippen LogP contribution is -2.41. The molecule has 0 bridgehead atoms. The van der Waals surface area contributed by atoms with Gasteiger partial charge in [0, 0.05) is 12.6 Å². The van der Waals surface area contributed by atoms with Gasteiger partial charge in [-0.25, -0.2) is 4.79 Å². The van der Waals surface area contributed by atoms with Gasteiger partial charge in [-0.3, -0.25) is 4.79 Å². The van der Waals surface area contributed by atoms with Crippen molar-refractivity contribution in [3.63, 3.8) is 0 Å². The van der Waals surface area contributed by atoms with Crippen LogP contribution in [0.25, 0.3) is 0 Å². The van der Waals surface area contributed by atoms with Crippen LogP contribution in [0.2, 0.25) is 0 Å². The van der Waals surface area contributed by atoms with Crippen molar-refractivity contribution in [3.05, 3.63) is 0 Å². The van der Waals surface area contributed by atoms with Crippen molar-refractivity contribution in [1.29, 1.82) is 0 Å². The smallest absolute Gasteiger partial charge is 0.410 e. The second-order valence-corrected chi connectivity index (χ2v) is 5.33. The van der Waals surface area contributed by atoms with Gasteiger partial charge in [0.15, 0.2) is 0 Å². The second kappa shape index (κ2) is 4.94. The van der Waals surface area contributed by atoms with Crippen molar-refractivity contribution in [1.82, 2.24) is 4.90 Å². The normalized spacial score (nSPS) is 24.6. The lowest BCUT2D eigenvalue weighted by Gasteiger charge is -2.27. The van der Waals surface area contributed by atoms with Crippen LogP contribution in [-0.2, 0) is 14.3 Å². The number of rotatable bonds is 1. The van der Waals surface area contributed by atoms with E-state index in [4.69, 9.17) is 9.47 Å². The molecule has 0 aromatic heterocycles. The van der Waals surface area contributed by atoms with Crippen molar-refractivity contribution < 1.29 is 19.1 Å². The first-order valence-corrected chi connectivity index (χ1v) is 5.83. The molecule has 1 rings (SSSR count). The van der Waals surface area contributed by atoms with E-state index in [9.17, 15) is 9.59 Å². The van der Waals surface area contributed by atoms with Crippen molar-refractivity contribution in [2.45, 2.75) is 45.8 Å². The van der Waals surface area contributed by atoms with Crippen LogP contribution in [0.3, 0.4) is 0 Å². The number of hydrogen-bond donors (Lipinski definition) is 0. The molecule has 1 saturated heterocycles. The molecule has 0 aliphatic carbocycles. The number of esters is 1. The maximum atomic E-state index is 11.9. The molecular weight excluding hydrogens is 222 g/mol. The maximum absolute atomic E-state index is 11.9. The average molecular weight is 243 g/mol.